The molecular formula is C11H10F3NO. The Morgan fingerprint density at radius 3 is 2.38 bits per heavy atom. The van der Waals surface area contributed by atoms with E-state index in [1.807, 2.05) is 0 Å². The zero-order chi connectivity index (χ0) is 12.0. The van der Waals surface area contributed by atoms with Crippen LogP contribution >= 0.6 is 0 Å². The van der Waals surface area contributed by atoms with Crippen LogP contribution in [0.4, 0.5) is 13.2 Å². The van der Waals surface area contributed by atoms with Crippen molar-refractivity contribution in [2.24, 2.45) is 0 Å². The van der Waals surface area contributed by atoms with Crippen LogP contribution in [0.1, 0.15) is 12.0 Å². The highest BCUT2D eigenvalue weighted by atomic mass is 19.4. The number of rotatable bonds is 4. The topological polar surface area (TPSA) is 33.0 Å². The molecule has 1 aromatic rings. The standard InChI is InChI=1S/C11H10F3NO/c12-11(13,14)6-10(7-15)16-8-9-4-2-1-3-5-9/h1-5,10H,6,8H2/t10-/m1/s1. The lowest BCUT2D eigenvalue weighted by Gasteiger charge is -2.12. The molecule has 0 aliphatic heterocycles. The maximum absolute atomic E-state index is 12.0. The Morgan fingerprint density at radius 1 is 1.25 bits per heavy atom. The minimum atomic E-state index is -4.38. The van der Waals surface area contributed by atoms with Crippen LogP contribution in [0.15, 0.2) is 30.3 Å². The largest absolute Gasteiger partial charge is 0.392 e. The van der Waals surface area contributed by atoms with E-state index in [0.29, 0.717) is 0 Å². The van der Waals surface area contributed by atoms with E-state index >= 15 is 0 Å². The van der Waals surface area contributed by atoms with E-state index in [0.717, 1.165) is 5.56 Å². The summed E-state index contributed by atoms with van der Waals surface area (Å²) in [6.45, 7) is 0.00907. The molecule has 5 heteroatoms. The fraction of sp³-hybridized carbons (Fsp3) is 0.364. The van der Waals surface area contributed by atoms with E-state index in [-0.39, 0.29) is 6.61 Å². The number of halogens is 3. The second-order valence-corrected chi connectivity index (χ2v) is 3.23. The normalized spacial score (nSPS) is 13.1. The van der Waals surface area contributed by atoms with E-state index < -0.39 is 18.7 Å². The van der Waals surface area contributed by atoms with Gasteiger partial charge in [-0.25, -0.2) is 0 Å². The van der Waals surface area contributed by atoms with Gasteiger partial charge in [0.15, 0.2) is 6.10 Å². The van der Waals surface area contributed by atoms with Crippen molar-refractivity contribution in [3.63, 3.8) is 0 Å². The van der Waals surface area contributed by atoms with Crippen LogP contribution in [0.25, 0.3) is 0 Å². The minimum absolute atomic E-state index is 0.00907. The zero-order valence-electron chi connectivity index (χ0n) is 8.37. The summed E-state index contributed by atoms with van der Waals surface area (Å²) in [6, 6.07) is 10.2. The van der Waals surface area contributed by atoms with Crippen LogP contribution in [0.2, 0.25) is 0 Å². The first-order chi connectivity index (χ1) is 7.51. The minimum Gasteiger partial charge on any atom is -0.358 e. The van der Waals surface area contributed by atoms with Gasteiger partial charge in [-0.1, -0.05) is 30.3 Å². The first kappa shape index (κ1) is 12.5. The summed E-state index contributed by atoms with van der Waals surface area (Å²) < 4.78 is 40.8. The highest BCUT2D eigenvalue weighted by molar-refractivity contribution is 5.13. The maximum atomic E-state index is 12.0. The molecule has 1 atom stereocenters. The molecule has 0 heterocycles. The summed E-state index contributed by atoms with van der Waals surface area (Å²) in [7, 11) is 0. The molecule has 0 saturated heterocycles. The summed E-state index contributed by atoms with van der Waals surface area (Å²) in [5, 5.41) is 8.49. The molecular weight excluding hydrogens is 219 g/mol. The predicted molar refractivity (Wildman–Crippen MR) is 51.3 cm³/mol. The van der Waals surface area contributed by atoms with E-state index in [1.54, 1.807) is 30.3 Å². The third-order valence-corrected chi connectivity index (χ3v) is 1.85. The second-order valence-electron chi connectivity index (χ2n) is 3.23. The fourth-order valence-electron chi connectivity index (χ4n) is 1.12. The lowest BCUT2D eigenvalue weighted by atomic mass is 10.2. The molecule has 0 amide bonds. The van der Waals surface area contributed by atoms with Crippen molar-refractivity contribution >= 4 is 0 Å². The molecule has 0 aromatic heterocycles. The molecule has 2 nitrogen and oxygen atoms in total. The lowest BCUT2D eigenvalue weighted by Crippen LogP contribution is -2.20. The predicted octanol–water partition coefficient (Wildman–Crippen LogP) is 3.05. The monoisotopic (exact) mass is 229 g/mol. The SMILES string of the molecule is N#C[C@@H](CC(F)(F)F)OCc1ccccc1. The van der Waals surface area contributed by atoms with Crippen LogP contribution in [-0.4, -0.2) is 12.3 Å². The third kappa shape index (κ3) is 4.80. The Hall–Kier alpha value is -1.54. The Labute approximate surface area is 91.3 Å². The number of alkyl halides is 3. The van der Waals surface area contributed by atoms with Crippen LogP contribution < -0.4 is 0 Å². The van der Waals surface area contributed by atoms with Crippen molar-refractivity contribution in [2.45, 2.75) is 25.3 Å². The molecule has 0 N–H and O–H groups in total. The van der Waals surface area contributed by atoms with Gasteiger partial charge in [-0.3, -0.25) is 0 Å². The Bertz CT molecular complexity index is 356. The quantitative estimate of drug-likeness (QED) is 0.794. The van der Waals surface area contributed by atoms with Gasteiger partial charge >= 0.3 is 6.18 Å². The van der Waals surface area contributed by atoms with Gasteiger partial charge in [-0.2, -0.15) is 18.4 Å². The first-order valence-corrected chi connectivity index (χ1v) is 4.63. The molecule has 1 rings (SSSR count). The molecule has 0 aliphatic rings. The summed E-state index contributed by atoms with van der Waals surface area (Å²) in [5.41, 5.74) is 0.741. The van der Waals surface area contributed by atoms with Crippen LogP contribution in [0, 0.1) is 11.3 Å². The van der Waals surface area contributed by atoms with Gasteiger partial charge in [0, 0.05) is 0 Å². The zero-order valence-corrected chi connectivity index (χ0v) is 8.37. The van der Waals surface area contributed by atoms with E-state index in [4.69, 9.17) is 10.00 Å². The number of nitrogens with zero attached hydrogens (tertiary/aromatic N) is 1. The van der Waals surface area contributed by atoms with Gasteiger partial charge in [0.25, 0.3) is 0 Å². The van der Waals surface area contributed by atoms with Crippen LogP contribution in [0.5, 0.6) is 0 Å². The Kier molecular flexibility index (Phi) is 4.32. The molecule has 0 unspecified atom stereocenters. The highest BCUT2D eigenvalue weighted by Crippen LogP contribution is 2.23. The summed E-state index contributed by atoms with van der Waals surface area (Å²) in [5.74, 6) is 0. The average molecular weight is 229 g/mol. The van der Waals surface area contributed by atoms with E-state index in [2.05, 4.69) is 0 Å². The molecule has 0 saturated carbocycles. The number of nitriles is 1. The van der Waals surface area contributed by atoms with Crippen molar-refractivity contribution in [3.05, 3.63) is 35.9 Å². The number of hydrogen-bond acceptors (Lipinski definition) is 2. The molecule has 16 heavy (non-hydrogen) atoms. The Morgan fingerprint density at radius 2 is 1.88 bits per heavy atom. The van der Waals surface area contributed by atoms with Gasteiger partial charge in [0.2, 0.25) is 0 Å². The van der Waals surface area contributed by atoms with Gasteiger partial charge in [0.1, 0.15) is 0 Å². The summed E-state index contributed by atoms with van der Waals surface area (Å²) in [6.07, 6.45) is -7.06. The van der Waals surface area contributed by atoms with Gasteiger partial charge in [0.05, 0.1) is 19.1 Å². The van der Waals surface area contributed by atoms with Crippen molar-refractivity contribution < 1.29 is 17.9 Å². The lowest BCUT2D eigenvalue weighted by molar-refractivity contribution is -0.154. The molecule has 0 radical (unpaired) electrons. The number of hydrogen-bond donors (Lipinski definition) is 0. The van der Waals surface area contributed by atoms with Gasteiger partial charge in [-0.15, -0.1) is 0 Å². The molecule has 0 fully saturated rings. The molecule has 1 aromatic carbocycles. The average Bonchev–Trinajstić information content (AvgIpc) is 2.24. The fourth-order valence-corrected chi connectivity index (χ4v) is 1.12. The van der Waals surface area contributed by atoms with E-state index in [1.165, 1.54) is 6.07 Å². The number of ether oxygens (including phenoxy) is 1. The van der Waals surface area contributed by atoms with Crippen molar-refractivity contribution in [1.82, 2.24) is 0 Å². The maximum Gasteiger partial charge on any atom is 0.392 e. The third-order valence-electron chi connectivity index (χ3n) is 1.85. The van der Waals surface area contributed by atoms with Gasteiger partial charge < -0.3 is 4.74 Å². The number of benzene rings is 1. The summed E-state index contributed by atoms with van der Waals surface area (Å²) in [4.78, 5) is 0. The van der Waals surface area contributed by atoms with Crippen LogP contribution in [0.3, 0.4) is 0 Å². The van der Waals surface area contributed by atoms with Crippen molar-refractivity contribution in [3.8, 4) is 6.07 Å². The molecule has 0 aliphatic carbocycles. The molecule has 0 spiro atoms. The second kappa shape index (κ2) is 5.52. The van der Waals surface area contributed by atoms with E-state index in [9.17, 15) is 13.2 Å². The van der Waals surface area contributed by atoms with Crippen molar-refractivity contribution in [1.29, 1.82) is 5.26 Å². The van der Waals surface area contributed by atoms with Gasteiger partial charge in [-0.05, 0) is 5.56 Å². The molecule has 0 bridgehead atoms. The smallest absolute Gasteiger partial charge is 0.358 e. The van der Waals surface area contributed by atoms with Crippen molar-refractivity contribution in [2.75, 3.05) is 0 Å². The summed E-state index contributed by atoms with van der Waals surface area (Å²) >= 11 is 0. The molecule has 86 valence electrons. The first-order valence-electron chi connectivity index (χ1n) is 4.63. The van der Waals surface area contributed by atoms with Crippen LogP contribution in [-0.2, 0) is 11.3 Å². The Balaban J connectivity index is 2.44. The highest BCUT2D eigenvalue weighted by Gasteiger charge is 2.32.